The van der Waals surface area contributed by atoms with E-state index in [2.05, 4.69) is 72.4 Å². The molecule has 1 saturated carbocycles. The largest absolute Gasteiger partial charge is 0.368 e. The predicted octanol–water partition coefficient (Wildman–Crippen LogP) is 5.79. The Morgan fingerprint density at radius 1 is 0.935 bits per heavy atom. The van der Waals surface area contributed by atoms with E-state index in [0.717, 1.165) is 30.9 Å². The van der Waals surface area contributed by atoms with Crippen molar-refractivity contribution < 1.29 is 0 Å². The van der Waals surface area contributed by atoms with Crippen LogP contribution in [0.1, 0.15) is 68.7 Å². The summed E-state index contributed by atoms with van der Waals surface area (Å²) in [6.45, 7) is 4.29. The molecule has 0 spiro atoms. The Labute approximate surface area is 186 Å². The fraction of sp³-hybridized carbons (Fsp3) is 0.444. The summed E-state index contributed by atoms with van der Waals surface area (Å²) in [5.74, 6) is 3.31. The lowest BCUT2D eigenvalue weighted by atomic mass is 9.76. The van der Waals surface area contributed by atoms with Crippen molar-refractivity contribution >= 4 is 5.95 Å². The molecule has 0 aliphatic heterocycles. The summed E-state index contributed by atoms with van der Waals surface area (Å²) >= 11 is 0. The Hall–Kier alpha value is -2.75. The van der Waals surface area contributed by atoms with Gasteiger partial charge in [-0.2, -0.15) is 9.97 Å². The predicted molar refractivity (Wildman–Crippen MR) is 128 cm³/mol. The normalized spacial score (nSPS) is 22.5. The van der Waals surface area contributed by atoms with Crippen LogP contribution in [0.4, 0.5) is 5.95 Å². The van der Waals surface area contributed by atoms with Crippen LogP contribution in [0.5, 0.6) is 0 Å². The standard InChI is InChI=1S/C27H34N4/c1-3-19-5-7-21(8-6-19)17-25-29-26(31-27(28)30-25)18-22-11-15-24(16-12-22)23-13-9-20(4-2)10-14-23/h4-9,13-14,22,24H,3,10-12,15-18H2,1-2H3,(H2,28,29,30,31). The zero-order chi connectivity index (χ0) is 21.6. The number of nitrogens with two attached hydrogens (primary N) is 1. The van der Waals surface area contributed by atoms with Crippen LogP contribution >= 0.6 is 0 Å². The molecule has 4 heteroatoms. The van der Waals surface area contributed by atoms with Crippen molar-refractivity contribution in [2.75, 3.05) is 5.73 Å². The minimum absolute atomic E-state index is 0.344. The minimum Gasteiger partial charge on any atom is -0.368 e. The smallest absolute Gasteiger partial charge is 0.223 e. The van der Waals surface area contributed by atoms with E-state index in [0.29, 0.717) is 24.2 Å². The third-order valence-corrected chi connectivity index (χ3v) is 6.76. The van der Waals surface area contributed by atoms with E-state index in [1.165, 1.54) is 48.0 Å². The Morgan fingerprint density at radius 2 is 1.65 bits per heavy atom. The van der Waals surface area contributed by atoms with E-state index in [1.807, 2.05) is 0 Å². The number of rotatable bonds is 6. The maximum absolute atomic E-state index is 6.02. The highest BCUT2D eigenvalue weighted by Crippen LogP contribution is 2.36. The number of aromatic nitrogens is 3. The highest BCUT2D eigenvalue weighted by molar-refractivity contribution is 5.36. The van der Waals surface area contributed by atoms with Gasteiger partial charge < -0.3 is 5.73 Å². The van der Waals surface area contributed by atoms with E-state index in [1.54, 1.807) is 0 Å². The Balaban J connectivity index is 1.34. The van der Waals surface area contributed by atoms with Gasteiger partial charge in [0.2, 0.25) is 5.95 Å². The van der Waals surface area contributed by atoms with Crippen molar-refractivity contribution in [3.63, 3.8) is 0 Å². The van der Waals surface area contributed by atoms with Crippen LogP contribution in [-0.2, 0) is 19.3 Å². The Morgan fingerprint density at radius 3 is 2.29 bits per heavy atom. The minimum atomic E-state index is 0.344. The number of aryl methyl sites for hydroxylation is 1. The van der Waals surface area contributed by atoms with Crippen LogP contribution < -0.4 is 5.73 Å². The maximum Gasteiger partial charge on any atom is 0.223 e. The van der Waals surface area contributed by atoms with Crippen molar-refractivity contribution in [2.24, 2.45) is 11.8 Å². The van der Waals surface area contributed by atoms with Gasteiger partial charge in [-0.05, 0) is 79.6 Å². The molecule has 4 rings (SSSR count). The molecular formula is C27H34N4. The molecule has 2 N–H and O–H groups in total. The van der Waals surface area contributed by atoms with E-state index < -0.39 is 0 Å². The summed E-state index contributed by atoms with van der Waals surface area (Å²) < 4.78 is 0. The van der Waals surface area contributed by atoms with Crippen molar-refractivity contribution in [2.45, 2.75) is 65.2 Å². The average Bonchev–Trinajstić information content (AvgIpc) is 2.80. The average molecular weight is 415 g/mol. The molecule has 0 bridgehead atoms. The molecule has 0 unspecified atom stereocenters. The van der Waals surface area contributed by atoms with Gasteiger partial charge in [0.05, 0.1) is 0 Å². The second-order valence-electron chi connectivity index (χ2n) is 8.90. The summed E-state index contributed by atoms with van der Waals surface area (Å²) in [5, 5.41) is 0. The third kappa shape index (κ3) is 5.69. The topological polar surface area (TPSA) is 64.7 Å². The molecule has 1 fully saturated rings. The first-order valence-electron chi connectivity index (χ1n) is 11.7. The fourth-order valence-electron chi connectivity index (χ4n) is 4.78. The molecule has 2 aliphatic carbocycles. The summed E-state index contributed by atoms with van der Waals surface area (Å²) in [6.07, 6.45) is 17.9. The molecule has 0 amide bonds. The van der Waals surface area contributed by atoms with Crippen LogP contribution in [0, 0.1) is 11.8 Å². The van der Waals surface area contributed by atoms with E-state index >= 15 is 0 Å². The monoisotopic (exact) mass is 414 g/mol. The number of hydrogen-bond donors (Lipinski definition) is 1. The second kappa shape index (κ2) is 10.0. The van der Waals surface area contributed by atoms with E-state index in [-0.39, 0.29) is 0 Å². The van der Waals surface area contributed by atoms with Crippen molar-refractivity contribution in [3.8, 4) is 0 Å². The molecule has 162 valence electrons. The van der Waals surface area contributed by atoms with E-state index in [9.17, 15) is 0 Å². The Bertz CT molecular complexity index is 977. The maximum atomic E-state index is 6.02. The van der Waals surface area contributed by atoms with Gasteiger partial charge in [0.25, 0.3) is 0 Å². The lowest BCUT2D eigenvalue weighted by molar-refractivity contribution is 0.299. The summed E-state index contributed by atoms with van der Waals surface area (Å²) in [6, 6.07) is 8.67. The van der Waals surface area contributed by atoms with Gasteiger partial charge >= 0.3 is 0 Å². The number of nitrogen functional groups attached to an aromatic ring is 1. The first-order valence-corrected chi connectivity index (χ1v) is 11.7. The van der Waals surface area contributed by atoms with Gasteiger partial charge in [-0.15, -0.1) is 0 Å². The number of hydrogen-bond acceptors (Lipinski definition) is 4. The van der Waals surface area contributed by atoms with Crippen molar-refractivity contribution in [1.29, 1.82) is 0 Å². The molecule has 2 aromatic rings. The van der Waals surface area contributed by atoms with Gasteiger partial charge in [0.15, 0.2) is 0 Å². The zero-order valence-electron chi connectivity index (χ0n) is 18.8. The molecule has 1 heterocycles. The zero-order valence-corrected chi connectivity index (χ0v) is 18.8. The van der Waals surface area contributed by atoms with Gasteiger partial charge in [-0.3, -0.25) is 0 Å². The van der Waals surface area contributed by atoms with Crippen LogP contribution in [0.15, 0.2) is 59.7 Å². The van der Waals surface area contributed by atoms with Crippen LogP contribution in [0.3, 0.4) is 0 Å². The number of anilines is 1. The fourth-order valence-corrected chi connectivity index (χ4v) is 4.78. The van der Waals surface area contributed by atoms with Crippen molar-refractivity contribution in [1.82, 2.24) is 15.0 Å². The van der Waals surface area contributed by atoms with Crippen molar-refractivity contribution in [3.05, 3.63) is 82.5 Å². The highest BCUT2D eigenvalue weighted by Gasteiger charge is 2.24. The second-order valence-corrected chi connectivity index (χ2v) is 8.90. The molecule has 2 aliphatic rings. The molecular weight excluding hydrogens is 380 g/mol. The summed E-state index contributed by atoms with van der Waals surface area (Å²) in [4.78, 5) is 13.6. The van der Waals surface area contributed by atoms with E-state index in [4.69, 9.17) is 10.7 Å². The summed E-state index contributed by atoms with van der Waals surface area (Å²) in [5.41, 5.74) is 11.5. The highest BCUT2D eigenvalue weighted by atomic mass is 15.1. The Kier molecular flexibility index (Phi) is 6.96. The molecule has 31 heavy (non-hydrogen) atoms. The lowest BCUT2D eigenvalue weighted by Gasteiger charge is -2.30. The van der Waals surface area contributed by atoms with Gasteiger partial charge in [0.1, 0.15) is 11.6 Å². The van der Waals surface area contributed by atoms with Gasteiger partial charge in [-0.1, -0.05) is 55.5 Å². The first-order chi connectivity index (χ1) is 15.1. The third-order valence-electron chi connectivity index (χ3n) is 6.76. The molecule has 0 atom stereocenters. The van der Waals surface area contributed by atoms with Crippen LogP contribution in [0.2, 0.25) is 0 Å². The quantitative estimate of drug-likeness (QED) is 0.650. The molecule has 0 saturated heterocycles. The SMILES string of the molecule is CC=C1C=CC(C2CCC(Cc3nc(N)nc(Cc4ccc(CC)cc4)n3)CC2)=CC1. The number of nitrogens with zero attached hydrogens (tertiary/aromatic N) is 3. The lowest BCUT2D eigenvalue weighted by Crippen LogP contribution is -2.19. The molecule has 4 nitrogen and oxygen atoms in total. The summed E-state index contributed by atoms with van der Waals surface area (Å²) in [7, 11) is 0. The molecule has 1 aromatic carbocycles. The van der Waals surface area contributed by atoms with Crippen LogP contribution in [0.25, 0.3) is 0 Å². The molecule has 0 radical (unpaired) electrons. The number of allylic oxidation sites excluding steroid dienone is 6. The van der Waals surface area contributed by atoms with Gasteiger partial charge in [-0.25, -0.2) is 4.98 Å². The van der Waals surface area contributed by atoms with Gasteiger partial charge in [0, 0.05) is 12.8 Å². The first kappa shape index (κ1) is 21.5. The number of benzene rings is 1. The van der Waals surface area contributed by atoms with Crippen LogP contribution in [-0.4, -0.2) is 15.0 Å². The molecule has 1 aromatic heterocycles.